The highest BCUT2D eigenvalue weighted by Gasteiger charge is 2.23. The predicted molar refractivity (Wildman–Crippen MR) is 91.0 cm³/mol. The van der Waals surface area contributed by atoms with Gasteiger partial charge in [-0.25, -0.2) is 9.59 Å². The van der Waals surface area contributed by atoms with Gasteiger partial charge in [-0.1, -0.05) is 17.7 Å². The Kier molecular flexibility index (Phi) is 5.43. The molecule has 21 heavy (non-hydrogen) atoms. The molecule has 0 aliphatic heterocycles. The molecule has 1 atom stereocenters. The van der Waals surface area contributed by atoms with Crippen molar-refractivity contribution in [3.8, 4) is 0 Å². The van der Waals surface area contributed by atoms with E-state index in [1.807, 2.05) is 0 Å². The highest BCUT2D eigenvalue weighted by molar-refractivity contribution is 14.1. The number of hydrogen-bond acceptors (Lipinski definition) is 3. The van der Waals surface area contributed by atoms with E-state index < -0.39 is 18.0 Å². The molecule has 2 amide bonds. The zero-order chi connectivity index (χ0) is 15.4. The van der Waals surface area contributed by atoms with E-state index in [9.17, 15) is 14.7 Å². The third-order valence-electron chi connectivity index (χ3n) is 2.53. The number of anilines is 1. The second kappa shape index (κ2) is 7.10. The molecular weight excluding hydrogens is 427 g/mol. The van der Waals surface area contributed by atoms with E-state index in [1.54, 1.807) is 35.7 Å². The van der Waals surface area contributed by atoms with Crippen LogP contribution in [-0.4, -0.2) is 17.1 Å². The minimum Gasteiger partial charge on any atom is -0.479 e. The molecule has 8 heteroatoms. The van der Waals surface area contributed by atoms with Gasteiger partial charge in [-0.15, -0.1) is 11.3 Å². The van der Waals surface area contributed by atoms with Crippen molar-refractivity contribution in [2.75, 3.05) is 5.32 Å². The molecule has 0 aliphatic carbocycles. The molecule has 2 aromatic rings. The van der Waals surface area contributed by atoms with Gasteiger partial charge in [0, 0.05) is 8.45 Å². The lowest BCUT2D eigenvalue weighted by atomic mass is 10.2. The first-order chi connectivity index (χ1) is 9.97. The van der Waals surface area contributed by atoms with E-state index in [0.717, 1.165) is 3.57 Å². The smallest absolute Gasteiger partial charge is 0.331 e. The van der Waals surface area contributed by atoms with Gasteiger partial charge >= 0.3 is 12.0 Å². The van der Waals surface area contributed by atoms with Crippen LogP contribution in [-0.2, 0) is 4.79 Å². The maximum absolute atomic E-state index is 11.9. The summed E-state index contributed by atoms with van der Waals surface area (Å²) in [7, 11) is 0. The second-order valence-electron chi connectivity index (χ2n) is 4.01. The van der Waals surface area contributed by atoms with Crippen LogP contribution in [0.5, 0.6) is 0 Å². The van der Waals surface area contributed by atoms with Crippen LogP contribution >= 0.6 is 45.5 Å². The number of urea groups is 1. The van der Waals surface area contributed by atoms with E-state index in [-0.39, 0.29) is 0 Å². The van der Waals surface area contributed by atoms with Crippen molar-refractivity contribution in [2.24, 2.45) is 0 Å². The minimum absolute atomic E-state index is 0.389. The molecule has 3 N–H and O–H groups in total. The fraction of sp³-hybridized carbons (Fsp3) is 0.0769. The lowest BCUT2D eigenvalue weighted by Crippen LogP contribution is -2.36. The van der Waals surface area contributed by atoms with Gasteiger partial charge in [0.2, 0.25) is 0 Å². The van der Waals surface area contributed by atoms with Crippen LogP contribution in [0.2, 0.25) is 5.02 Å². The van der Waals surface area contributed by atoms with Gasteiger partial charge in [-0.3, -0.25) is 0 Å². The lowest BCUT2D eigenvalue weighted by molar-refractivity contribution is -0.139. The molecule has 0 saturated heterocycles. The van der Waals surface area contributed by atoms with Gasteiger partial charge in [0.15, 0.2) is 6.04 Å². The number of aliphatic carboxylic acids is 1. The van der Waals surface area contributed by atoms with Crippen LogP contribution in [0.4, 0.5) is 10.5 Å². The molecule has 5 nitrogen and oxygen atoms in total. The highest BCUT2D eigenvalue weighted by atomic mass is 127. The lowest BCUT2D eigenvalue weighted by Gasteiger charge is -2.14. The van der Waals surface area contributed by atoms with Crippen molar-refractivity contribution in [3.05, 3.63) is 49.2 Å². The van der Waals surface area contributed by atoms with Gasteiger partial charge in [0.1, 0.15) is 0 Å². The highest BCUT2D eigenvalue weighted by Crippen LogP contribution is 2.24. The monoisotopic (exact) mass is 436 g/mol. The molecule has 0 saturated carbocycles. The molecule has 2 rings (SSSR count). The number of carbonyl (C=O) groups is 2. The molecule has 1 heterocycles. The van der Waals surface area contributed by atoms with Crippen molar-refractivity contribution >= 4 is 63.2 Å². The first-order valence-corrected chi connectivity index (χ1v) is 8.10. The van der Waals surface area contributed by atoms with Crippen LogP contribution in [0.25, 0.3) is 0 Å². The number of amides is 2. The van der Waals surface area contributed by atoms with Crippen LogP contribution < -0.4 is 10.6 Å². The summed E-state index contributed by atoms with van der Waals surface area (Å²) in [4.78, 5) is 23.7. The number of thiophene rings is 1. The zero-order valence-electron chi connectivity index (χ0n) is 10.5. The standard InChI is InChI=1S/C13H10ClIN2O3S/c14-8-6-7(15)3-4-9(8)16-13(20)17-11(12(18)19)10-2-1-5-21-10/h1-6,11H,(H,18,19)(H2,16,17,20). The number of benzene rings is 1. The van der Waals surface area contributed by atoms with E-state index in [0.29, 0.717) is 15.6 Å². The summed E-state index contributed by atoms with van der Waals surface area (Å²) in [5.41, 5.74) is 0.421. The van der Waals surface area contributed by atoms with Gasteiger partial charge in [-0.2, -0.15) is 0 Å². The Morgan fingerprint density at radius 3 is 2.67 bits per heavy atom. The summed E-state index contributed by atoms with van der Waals surface area (Å²) < 4.78 is 0.936. The Morgan fingerprint density at radius 1 is 1.33 bits per heavy atom. The minimum atomic E-state index is -1.12. The quantitative estimate of drug-likeness (QED) is 0.635. The van der Waals surface area contributed by atoms with Gasteiger partial charge in [0.05, 0.1) is 10.7 Å². The number of carboxylic acids is 1. The van der Waals surface area contributed by atoms with Crippen molar-refractivity contribution in [3.63, 3.8) is 0 Å². The van der Waals surface area contributed by atoms with Crippen molar-refractivity contribution in [1.82, 2.24) is 5.32 Å². The van der Waals surface area contributed by atoms with E-state index in [2.05, 4.69) is 33.2 Å². The van der Waals surface area contributed by atoms with Crippen molar-refractivity contribution < 1.29 is 14.7 Å². The zero-order valence-corrected chi connectivity index (χ0v) is 14.2. The number of rotatable bonds is 4. The number of hydrogen-bond donors (Lipinski definition) is 3. The van der Waals surface area contributed by atoms with E-state index in [1.165, 1.54) is 11.3 Å². The van der Waals surface area contributed by atoms with E-state index >= 15 is 0 Å². The van der Waals surface area contributed by atoms with Crippen molar-refractivity contribution in [1.29, 1.82) is 0 Å². The number of carboxylic acid groups (broad SMARTS) is 1. The number of halogens is 2. The molecule has 0 fully saturated rings. The van der Waals surface area contributed by atoms with Gasteiger partial charge in [-0.05, 0) is 52.2 Å². The third kappa shape index (κ3) is 4.32. The molecule has 0 aliphatic rings. The van der Waals surface area contributed by atoms with Crippen LogP contribution in [0.3, 0.4) is 0 Å². The summed E-state index contributed by atoms with van der Waals surface area (Å²) in [6, 6.07) is 6.81. The molecule has 0 radical (unpaired) electrons. The van der Waals surface area contributed by atoms with Gasteiger partial charge in [0.25, 0.3) is 0 Å². The molecule has 110 valence electrons. The SMILES string of the molecule is O=C(Nc1ccc(I)cc1Cl)NC(C(=O)O)c1cccs1. The summed E-state index contributed by atoms with van der Waals surface area (Å²) in [6.07, 6.45) is 0. The Balaban J connectivity index is 2.08. The average Bonchev–Trinajstić information content (AvgIpc) is 2.92. The fourth-order valence-corrected chi connectivity index (χ4v) is 3.26. The molecule has 1 aromatic carbocycles. The first-order valence-electron chi connectivity index (χ1n) is 5.76. The summed E-state index contributed by atoms with van der Waals surface area (Å²) in [6.45, 7) is 0. The number of nitrogens with one attached hydrogen (secondary N) is 2. The maximum atomic E-state index is 11.9. The normalized spacial score (nSPS) is 11.7. The maximum Gasteiger partial charge on any atom is 0.331 e. The Morgan fingerprint density at radius 2 is 2.10 bits per heavy atom. The van der Waals surface area contributed by atoms with Crippen LogP contribution in [0.15, 0.2) is 35.7 Å². The number of carbonyl (C=O) groups excluding carboxylic acids is 1. The third-order valence-corrected chi connectivity index (χ3v) is 4.45. The molecule has 0 bridgehead atoms. The van der Waals surface area contributed by atoms with Crippen LogP contribution in [0, 0.1) is 3.57 Å². The summed E-state index contributed by atoms with van der Waals surface area (Å²) in [5.74, 6) is -1.12. The topological polar surface area (TPSA) is 78.4 Å². The summed E-state index contributed by atoms with van der Waals surface area (Å²) in [5, 5.41) is 16.3. The Hall–Kier alpha value is -1.32. The fourth-order valence-electron chi connectivity index (χ4n) is 1.59. The average molecular weight is 437 g/mol. The first kappa shape index (κ1) is 16.1. The predicted octanol–water partition coefficient (Wildman–Crippen LogP) is 3.95. The Bertz CT molecular complexity index is 663. The van der Waals surface area contributed by atoms with E-state index in [4.69, 9.17) is 11.6 Å². The Labute approximate surface area is 143 Å². The van der Waals surface area contributed by atoms with Crippen molar-refractivity contribution in [2.45, 2.75) is 6.04 Å². The molecular formula is C13H10ClIN2O3S. The van der Waals surface area contributed by atoms with Gasteiger partial charge < -0.3 is 15.7 Å². The van der Waals surface area contributed by atoms with Crippen LogP contribution in [0.1, 0.15) is 10.9 Å². The second-order valence-corrected chi connectivity index (χ2v) is 6.64. The molecule has 0 spiro atoms. The molecule has 1 unspecified atom stereocenters. The summed E-state index contributed by atoms with van der Waals surface area (Å²) >= 11 is 9.38. The molecule has 1 aromatic heterocycles. The largest absolute Gasteiger partial charge is 0.479 e.